The summed E-state index contributed by atoms with van der Waals surface area (Å²) in [5.41, 5.74) is 0. The predicted molar refractivity (Wildman–Crippen MR) is 77.3 cm³/mol. The van der Waals surface area contributed by atoms with Gasteiger partial charge in [0.1, 0.15) is 0 Å². The van der Waals surface area contributed by atoms with Crippen LogP contribution in [0.4, 0.5) is 0 Å². The SMILES string of the molecule is CCOC(OCC)C(CC=CSC)C(C)CC. The molecule has 0 bridgehead atoms. The second kappa shape index (κ2) is 11.1. The van der Waals surface area contributed by atoms with Gasteiger partial charge < -0.3 is 9.47 Å². The van der Waals surface area contributed by atoms with E-state index in [9.17, 15) is 0 Å². The van der Waals surface area contributed by atoms with E-state index in [1.165, 1.54) is 0 Å². The number of rotatable bonds is 10. The van der Waals surface area contributed by atoms with Crippen molar-refractivity contribution < 1.29 is 9.47 Å². The first-order chi connectivity index (χ1) is 8.21. The normalized spacial score (nSPS) is 15.6. The number of hydrogen-bond donors (Lipinski definition) is 0. The second-order valence-electron chi connectivity index (χ2n) is 4.17. The topological polar surface area (TPSA) is 18.5 Å². The average Bonchev–Trinajstić information content (AvgIpc) is 2.34. The molecule has 2 unspecified atom stereocenters. The first kappa shape index (κ1) is 17.0. The molecule has 0 aromatic rings. The molecule has 2 atom stereocenters. The van der Waals surface area contributed by atoms with E-state index in [4.69, 9.17) is 9.47 Å². The van der Waals surface area contributed by atoms with E-state index in [0.717, 1.165) is 12.8 Å². The molecule has 0 aromatic heterocycles. The van der Waals surface area contributed by atoms with Crippen molar-refractivity contribution in [3.63, 3.8) is 0 Å². The van der Waals surface area contributed by atoms with Gasteiger partial charge in [0.25, 0.3) is 0 Å². The lowest BCUT2D eigenvalue weighted by Gasteiger charge is -2.30. The Hall–Kier alpha value is 0.01000. The van der Waals surface area contributed by atoms with E-state index >= 15 is 0 Å². The maximum Gasteiger partial charge on any atom is 0.160 e. The van der Waals surface area contributed by atoms with Crippen molar-refractivity contribution in [1.82, 2.24) is 0 Å². The Morgan fingerprint density at radius 2 is 1.71 bits per heavy atom. The molecule has 0 rings (SSSR count). The fourth-order valence-corrected chi connectivity index (χ4v) is 2.15. The Morgan fingerprint density at radius 3 is 2.12 bits per heavy atom. The Morgan fingerprint density at radius 1 is 1.12 bits per heavy atom. The van der Waals surface area contributed by atoms with Crippen LogP contribution in [0.5, 0.6) is 0 Å². The summed E-state index contributed by atoms with van der Waals surface area (Å²) in [5, 5.41) is 2.14. The minimum atomic E-state index is -0.0635. The lowest BCUT2D eigenvalue weighted by atomic mass is 9.88. The van der Waals surface area contributed by atoms with Gasteiger partial charge in [0.05, 0.1) is 0 Å². The fourth-order valence-electron chi connectivity index (χ4n) is 1.85. The largest absolute Gasteiger partial charge is 0.353 e. The van der Waals surface area contributed by atoms with Gasteiger partial charge >= 0.3 is 0 Å². The number of ether oxygens (including phenoxy) is 2. The van der Waals surface area contributed by atoms with Gasteiger partial charge in [-0.05, 0) is 37.9 Å². The number of thioether (sulfide) groups is 1. The highest BCUT2D eigenvalue weighted by Crippen LogP contribution is 2.26. The third kappa shape index (κ3) is 7.12. The molecule has 102 valence electrons. The summed E-state index contributed by atoms with van der Waals surface area (Å²) in [6.45, 7) is 9.98. The summed E-state index contributed by atoms with van der Waals surface area (Å²) in [7, 11) is 0. The predicted octanol–water partition coefficient (Wildman–Crippen LogP) is 4.31. The van der Waals surface area contributed by atoms with Crippen molar-refractivity contribution in [2.24, 2.45) is 11.8 Å². The molecule has 0 saturated carbocycles. The van der Waals surface area contributed by atoms with E-state index in [-0.39, 0.29) is 6.29 Å². The van der Waals surface area contributed by atoms with Crippen LogP contribution in [0.25, 0.3) is 0 Å². The summed E-state index contributed by atoms with van der Waals surface area (Å²) in [6.07, 6.45) is 6.44. The van der Waals surface area contributed by atoms with Gasteiger partial charge in [0.15, 0.2) is 6.29 Å². The quantitative estimate of drug-likeness (QED) is 0.545. The van der Waals surface area contributed by atoms with Crippen molar-refractivity contribution in [3.8, 4) is 0 Å². The highest BCUT2D eigenvalue weighted by atomic mass is 32.2. The molecule has 0 spiro atoms. The lowest BCUT2D eigenvalue weighted by Crippen LogP contribution is -2.31. The molecular weight excluding hydrogens is 232 g/mol. The maximum atomic E-state index is 5.74. The molecule has 0 aliphatic carbocycles. The van der Waals surface area contributed by atoms with Crippen LogP contribution < -0.4 is 0 Å². The first-order valence-corrected chi connectivity index (χ1v) is 7.90. The number of hydrogen-bond acceptors (Lipinski definition) is 3. The van der Waals surface area contributed by atoms with Crippen LogP contribution in [0.2, 0.25) is 0 Å². The lowest BCUT2D eigenvalue weighted by molar-refractivity contribution is -0.176. The second-order valence-corrected chi connectivity index (χ2v) is 4.92. The van der Waals surface area contributed by atoms with Crippen molar-refractivity contribution in [3.05, 3.63) is 11.5 Å². The van der Waals surface area contributed by atoms with Gasteiger partial charge in [-0.25, -0.2) is 0 Å². The molecule has 0 saturated heterocycles. The van der Waals surface area contributed by atoms with Crippen molar-refractivity contribution in [2.75, 3.05) is 19.5 Å². The average molecular weight is 260 g/mol. The van der Waals surface area contributed by atoms with Crippen LogP contribution in [0.1, 0.15) is 40.5 Å². The molecule has 2 nitrogen and oxygen atoms in total. The Labute approximate surface area is 111 Å². The first-order valence-electron chi connectivity index (χ1n) is 6.62. The van der Waals surface area contributed by atoms with Crippen LogP contribution in [0.15, 0.2) is 11.5 Å². The van der Waals surface area contributed by atoms with Crippen LogP contribution in [0.3, 0.4) is 0 Å². The summed E-state index contributed by atoms with van der Waals surface area (Å²) < 4.78 is 11.5. The van der Waals surface area contributed by atoms with Crippen LogP contribution in [-0.2, 0) is 9.47 Å². The highest BCUT2D eigenvalue weighted by molar-refractivity contribution is 8.01. The highest BCUT2D eigenvalue weighted by Gasteiger charge is 2.25. The monoisotopic (exact) mass is 260 g/mol. The van der Waals surface area contributed by atoms with E-state index in [1.807, 2.05) is 13.8 Å². The van der Waals surface area contributed by atoms with E-state index < -0.39 is 0 Å². The molecule has 0 aliphatic rings. The zero-order valence-electron chi connectivity index (χ0n) is 11.9. The third-order valence-electron chi connectivity index (χ3n) is 3.03. The summed E-state index contributed by atoms with van der Waals surface area (Å²) in [4.78, 5) is 0. The minimum Gasteiger partial charge on any atom is -0.353 e. The standard InChI is InChI=1S/C14H28O2S/c1-6-12(4)13(10-9-11-17-5)14(15-7-2)16-8-3/h9,11-14H,6-8,10H2,1-5H3. The van der Waals surface area contributed by atoms with Gasteiger partial charge in [-0.1, -0.05) is 26.3 Å². The van der Waals surface area contributed by atoms with Gasteiger partial charge in [0.2, 0.25) is 0 Å². The van der Waals surface area contributed by atoms with E-state index in [1.54, 1.807) is 11.8 Å². The third-order valence-corrected chi connectivity index (χ3v) is 3.49. The summed E-state index contributed by atoms with van der Waals surface area (Å²) in [6, 6.07) is 0. The Balaban J connectivity index is 4.53. The molecule has 0 fully saturated rings. The van der Waals surface area contributed by atoms with Crippen molar-refractivity contribution in [2.45, 2.75) is 46.8 Å². The molecule has 0 radical (unpaired) electrons. The zero-order chi connectivity index (χ0) is 13.1. The molecular formula is C14H28O2S. The maximum absolute atomic E-state index is 5.74. The van der Waals surface area contributed by atoms with Crippen molar-refractivity contribution >= 4 is 11.8 Å². The fraction of sp³-hybridized carbons (Fsp3) is 0.857. The molecule has 3 heteroatoms. The smallest absolute Gasteiger partial charge is 0.160 e. The summed E-state index contributed by atoms with van der Waals surface area (Å²) in [5.74, 6) is 1.06. The molecule has 0 heterocycles. The Bertz CT molecular complexity index is 189. The minimum absolute atomic E-state index is 0.0635. The van der Waals surface area contributed by atoms with Crippen molar-refractivity contribution in [1.29, 1.82) is 0 Å². The number of allylic oxidation sites excluding steroid dienone is 1. The summed E-state index contributed by atoms with van der Waals surface area (Å²) >= 11 is 1.74. The van der Waals surface area contributed by atoms with Gasteiger partial charge in [0, 0.05) is 19.1 Å². The molecule has 0 amide bonds. The van der Waals surface area contributed by atoms with Crippen LogP contribution in [0, 0.1) is 11.8 Å². The van der Waals surface area contributed by atoms with Crippen LogP contribution >= 0.6 is 11.8 Å². The molecule has 17 heavy (non-hydrogen) atoms. The molecule has 0 aromatic carbocycles. The van der Waals surface area contributed by atoms with Gasteiger partial charge in [-0.15, -0.1) is 11.8 Å². The zero-order valence-corrected chi connectivity index (χ0v) is 12.8. The van der Waals surface area contributed by atoms with E-state index in [2.05, 4.69) is 31.6 Å². The van der Waals surface area contributed by atoms with Crippen LogP contribution in [-0.4, -0.2) is 25.8 Å². The van der Waals surface area contributed by atoms with Gasteiger partial charge in [-0.2, -0.15) is 0 Å². The molecule has 0 N–H and O–H groups in total. The molecule has 0 aliphatic heterocycles. The Kier molecular flexibility index (Phi) is 11.1. The van der Waals surface area contributed by atoms with Gasteiger partial charge in [-0.3, -0.25) is 0 Å². The van der Waals surface area contributed by atoms with E-state index in [0.29, 0.717) is 25.0 Å².